The molecular formula is C14H17N3O4S. The van der Waals surface area contributed by atoms with Crippen LogP contribution in [0.25, 0.3) is 0 Å². The van der Waals surface area contributed by atoms with E-state index in [-0.39, 0.29) is 11.3 Å². The third-order valence-corrected chi connectivity index (χ3v) is 4.58. The number of ether oxygens (including phenoxy) is 1. The van der Waals surface area contributed by atoms with Gasteiger partial charge < -0.3 is 9.72 Å². The zero-order valence-corrected chi connectivity index (χ0v) is 13.1. The van der Waals surface area contributed by atoms with E-state index in [9.17, 15) is 13.2 Å². The summed E-state index contributed by atoms with van der Waals surface area (Å²) in [7, 11) is -2.61. The van der Waals surface area contributed by atoms with Crippen molar-refractivity contribution in [1.82, 2.24) is 14.7 Å². The highest BCUT2D eigenvalue weighted by molar-refractivity contribution is 7.89. The Hall–Kier alpha value is -2.19. The molecule has 0 spiro atoms. The first-order valence-corrected chi connectivity index (χ1v) is 8.05. The van der Waals surface area contributed by atoms with Gasteiger partial charge in [0.1, 0.15) is 6.04 Å². The Morgan fingerprint density at radius 2 is 2.05 bits per heavy atom. The molecule has 2 N–H and O–H groups in total. The van der Waals surface area contributed by atoms with Gasteiger partial charge in [0, 0.05) is 18.3 Å². The quantitative estimate of drug-likeness (QED) is 0.765. The molecule has 1 aromatic heterocycles. The van der Waals surface area contributed by atoms with Gasteiger partial charge in [-0.05, 0) is 19.1 Å². The number of carbonyl (C=O) groups is 1. The summed E-state index contributed by atoms with van der Waals surface area (Å²) in [5.41, 5.74) is 1.57. The third-order valence-electron chi connectivity index (χ3n) is 3.09. The van der Waals surface area contributed by atoms with Crippen LogP contribution in [0.4, 0.5) is 0 Å². The molecule has 1 heterocycles. The Labute approximate surface area is 128 Å². The van der Waals surface area contributed by atoms with E-state index in [1.165, 1.54) is 31.8 Å². The summed E-state index contributed by atoms with van der Waals surface area (Å²) in [6, 6.07) is 5.33. The van der Waals surface area contributed by atoms with Crippen LogP contribution < -0.4 is 4.72 Å². The first-order chi connectivity index (χ1) is 10.4. The molecule has 0 unspecified atom stereocenters. The molecule has 0 amide bonds. The number of aromatic amines is 1. The van der Waals surface area contributed by atoms with Gasteiger partial charge in [0.2, 0.25) is 10.0 Å². The van der Waals surface area contributed by atoms with Crippen molar-refractivity contribution in [1.29, 1.82) is 0 Å². The summed E-state index contributed by atoms with van der Waals surface area (Å²) in [4.78, 5) is 18.6. The fourth-order valence-corrected chi connectivity index (χ4v) is 3.09. The fraction of sp³-hybridized carbons (Fsp3) is 0.286. The lowest BCUT2D eigenvalue weighted by atomic mass is 10.2. The smallest absolute Gasteiger partial charge is 0.324 e. The van der Waals surface area contributed by atoms with Gasteiger partial charge in [-0.15, -0.1) is 0 Å². The van der Waals surface area contributed by atoms with Crippen molar-refractivity contribution in [3.05, 3.63) is 48.0 Å². The molecular weight excluding hydrogens is 306 g/mol. The average Bonchev–Trinajstić information content (AvgIpc) is 2.99. The SMILES string of the molecule is COC(=O)[C@H](Cc1cnc[nH]1)NS(=O)(=O)c1ccc(C)cc1. The van der Waals surface area contributed by atoms with Crippen LogP contribution in [0.15, 0.2) is 41.7 Å². The Morgan fingerprint density at radius 1 is 1.36 bits per heavy atom. The van der Waals surface area contributed by atoms with E-state index in [0.29, 0.717) is 5.69 Å². The number of nitrogens with zero attached hydrogens (tertiary/aromatic N) is 1. The van der Waals surface area contributed by atoms with Gasteiger partial charge in [-0.3, -0.25) is 4.79 Å². The number of esters is 1. The number of hydrogen-bond donors (Lipinski definition) is 2. The van der Waals surface area contributed by atoms with Gasteiger partial charge in [0.25, 0.3) is 0 Å². The van der Waals surface area contributed by atoms with Crippen LogP contribution in [0.2, 0.25) is 0 Å². The van der Waals surface area contributed by atoms with E-state index in [0.717, 1.165) is 5.56 Å². The molecule has 0 aliphatic heterocycles. The predicted octanol–water partition coefficient (Wildman–Crippen LogP) is 0.781. The second-order valence-corrected chi connectivity index (χ2v) is 6.51. The molecule has 0 aliphatic carbocycles. The average molecular weight is 323 g/mol. The van der Waals surface area contributed by atoms with Crippen LogP contribution in [-0.2, 0) is 26.0 Å². The molecule has 0 saturated heterocycles. The largest absolute Gasteiger partial charge is 0.468 e. The van der Waals surface area contributed by atoms with Crippen LogP contribution in [0.1, 0.15) is 11.3 Å². The maximum Gasteiger partial charge on any atom is 0.324 e. The summed E-state index contributed by atoms with van der Waals surface area (Å²) in [6.45, 7) is 1.86. The molecule has 0 aliphatic rings. The summed E-state index contributed by atoms with van der Waals surface area (Å²) in [5.74, 6) is -0.662. The summed E-state index contributed by atoms with van der Waals surface area (Å²) >= 11 is 0. The Kier molecular flexibility index (Phi) is 4.94. The van der Waals surface area contributed by atoms with Crippen LogP contribution in [0.3, 0.4) is 0 Å². The predicted molar refractivity (Wildman–Crippen MR) is 79.6 cm³/mol. The van der Waals surface area contributed by atoms with E-state index in [1.54, 1.807) is 12.1 Å². The van der Waals surface area contributed by atoms with Gasteiger partial charge in [0.05, 0.1) is 18.3 Å². The minimum absolute atomic E-state index is 0.0941. The number of methoxy groups -OCH3 is 1. The van der Waals surface area contributed by atoms with E-state index < -0.39 is 22.0 Å². The third kappa shape index (κ3) is 3.92. The molecule has 7 nitrogen and oxygen atoms in total. The minimum Gasteiger partial charge on any atom is -0.468 e. The number of sulfonamides is 1. The monoisotopic (exact) mass is 323 g/mol. The van der Waals surface area contributed by atoms with Gasteiger partial charge >= 0.3 is 5.97 Å². The molecule has 1 aromatic carbocycles. The molecule has 8 heteroatoms. The Morgan fingerprint density at radius 3 is 2.59 bits per heavy atom. The number of benzene rings is 1. The fourth-order valence-electron chi connectivity index (χ4n) is 1.90. The summed E-state index contributed by atoms with van der Waals surface area (Å²) in [6.07, 6.45) is 3.10. The number of H-pyrrole nitrogens is 1. The second kappa shape index (κ2) is 6.71. The second-order valence-electron chi connectivity index (χ2n) is 4.79. The van der Waals surface area contributed by atoms with Gasteiger partial charge in [-0.25, -0.2) is 13.4 Å². The molecule has 2 rings (SSSR count). The topological polar surface area (TPSA) is 101 Å². The summed E-state index contributed by atoms with van der Waals surface area (Å²) in [5, 5.41) is 0. The van der Waals surface area contributed by atoms with Crippen LogP contribution in [-0.4, -0.2) is 37.5 Å². The normalized spacial score (nSPS) is 12.8. The zero-order chi connectivity index (χ0) is 16.2. The van der Waals surface area contributed by atoms with Crippen molar-refractivity contribution < 1.29 is 17.9 Å². The highest BCUT2D eigenvalue weighted by atomic mass is 32.2. The minimum atomic E-state index is -3.82. The molecule has 1 atom stereocenters. The molecule has 0 bridgehead atoms. The zero-order valence-electron chi connectivity index (χ0n) is 12.2. The number of carbonyl (C=O) groups excluding carboxylic acids is 1. The van der Waals surface area contributed by atoms with Crippen molar-refractivity contribution in [2.75, 3.05) is 7.11 Å². The molecule has 0 saturated carbocycles. The molecule has 2 aromatic rings. The van der Waals surface area contributed by atoms with Gasteiger partial charge in [0.15, 0.2) is 0 Å². The first kappa shape index (κ1) is 16.2. The molecule has 0 fully saturated rings. The summed E-state index contributed by atoms with van der Waals surface area (Å²) < 4.78 is 31.7. The van der Waals surface area contributed by atoms with Crippen molar-refractivity contribution in [3.63, 3.8) is 0 Å². The lowest BCUT2D eigenvalue weighted by molar-refractivity contribution is -0.142. The number of rotatable bonds is 6. The maximum atomic E-state index is 12.4. The number of aromatic nitrogens is 2. The van der Waals surface area contributed by atoms with Crippen molar-refractivity contribution in [3.8, 4) is 0 Å². The molecule has 0 radical (unpaired) electrons. The molecule has 118 valence electrons. The van der Waals surface area contributed by atoms with Crippen molar-refractivity contribution >= 4 is 16.0 Å². The number of aryl methyl sites for hydroxylation is 1. The van der Waals surface area contributed by atoms with Crippen LogP contribution in [0, 0.1) is 6.92 Å². The van der Waals surface area contributed by atoms with Crippen LogP contribution >= 0.6 is 0 Å². The maximum absolute atomic E-state index is 12.4. The lowest BCUT2D eigenvalue weighted by Gasteiger charge is -2.16. The number of nitrogens with one attached hydrogen (secondary N) is 2. The van der Waals surface area contributed by atoms with E-state index in [1.807, 2.05) is 6.92 Å². The number of imidazole rings is 1. The van der Waals surface area contributed by atoms with E-state index >= 15 is 0 Å². The highest BCUT2D eigenvalue weighted by Gasteiger charge is 2.27. The van der Waals surface area contributed by atoms with Gasteiger partial charge in [-0.2, -0.15) is 4.72 Å². The van der Waals surface area contributed by atoms with E-state index in [4.69, 9.17) is 0 Å². The van der Waals surface area contributed by atoms with Crippen molar-refractivity contribution in [2.45, 2.75) is 24.3 Å². The Bertz CT molecular complexity index is 724. The lowest BCUT2D eigenvalue weighted by Crippen LogP contribution is -2.43. The number of hydrogen-bond acceptors (Lipinski definition) is 5. The van der Waals surface area contributed by atoms with Crippen molar-refractivity contribution in [2.24, 2.45) is 0 Å². The van der Waals surface area contributed by atoms with Crippen LogP contribution in [0.5, 0.6) is 0 Å². The Balaban J connectivity index is 2.21. The van der Waals surface area contributed by atoms with E-state index in [2.05, 4.69) is 19.4 Å². The molecule has 22 heavy (non-hydrogen) atoms. The first-order valence-electron chi connectivity index (χ1n) is 6.56. The standard InChI is InChI=1S/C14H17N3O4S/c1-10-3-5-12(6-4-10)22(19,20)17-13(14(18)21-2)7-11-8-15-9-16-11/h3-6,8-9,13,17H,7H2,1-2H3,(H,15,16)/t13-/m0/s1. The van der Waals surface area contributed by atoms with Gasteiger partial charge in [-0.1, -0.05) is 17.7 Å². The highest BCUT2D eigenvalue weighted by Crippen LogP contribution is 2.12.